The molecule has 3 rings (SSSR count). The normalized spacial score (nSPS) is 32.2. The van der Waals surface area contributed by atoms with Gasteiger partial charge in [-0.1, -0.05) is 13.8 Å². The molecule has 2 bridgehead atoms. The highest BCUT2D eigenvalue weighted by Gasteiger charge is 2.36. The van der Waals surface area contributed by atoms with Gasteiger partial charge in [0.05, 0.1) is 12.7 Å². The van der Waals surface area contributed by atoms with E-state index in [1.54, 1.807) is 0 Å². The van der Waals surface area contributed by atoms with E-state index in [1.807, 2.05) is 4.90 Å². The van der Waals surface area contributed by atoms with E-state index in [0.717, 1.165) is 45.8 Å². The number of nitrogens with zero attached hydrogens (tertiary/aromatic N) is 3. The van der Waals surface area contributed by atoms with E-state index in [4.69, 9.17) is 4.74 Å². The van der Waals surface area contributed by atoms with Crippen LogP contribution in [0.2, 0.25) is 0 Å². The summed E-state index contributed by atoms with van der Waals surface area (Å²) in [5.41, 5.74) is 0. The lowest BCUT2D eigenvalue weighted by atomic mass is 10.1. The zero-order valence-electron chi connectivity index (χ0n) is 15.5. The average Bonchev–Trinajstić information content (AvgIpc) is 2.77. The third-order valence-electron chi connectivity index (χ3n) is 5.76. The molecule has 3 aliphatic heterocycles. The molecule has 0 radical (unpaired) electrons. The molecule has 2 amide bonds. The third kappa shape index (κ3) is 4.41. The van der Waals surface area contributed by atoms with Gasteiger partial charge in [0.2, 0.25) is 0 Å². The fourth-order valence-electron chi connectivity index (χ4n) is 4.39. The van der Waals surface area contributed by atoms with Crippen molar-refractivity contribution in [3.05, 3.63) is 0 Å². The van der Waals surface area contributed by atoms with Crippen LogP contribution in [0.25, 0.3) is 0 Å². The van der Waals surface area contributed by atoms with E-state index < -0.39 is 0 Å². The molecule has 0 aromatic carbocycles. The summed E-state index contributed by atoms with van der Waals surface area (Å²) in [6.45, 7) is 10.7. The fourth-order valence-corrected chi connectivity index (χ4v) is 4.39. The summed E-state index contributed by atoms with van der Waals surface area (Å²) < 4.78 is 5.84. The van der Waals surface area contributed by atoms with E-state index in [0.29, 0.717) is 24.5 Å². The largest absolute Gasteiger partial charge is 0.374 e. The highest BCUT2D eigenvalue weighted by molar-refractivity contribution is 5.74. The number of amides is 2. The predicted octanol–water partition coefficient (Wildman–Crippen LogP) is 1.22. The number of morpholine rings is 1. The van der Waals surface area contributed by atoms with Gasteiger partial charge in [-0.05, 0) is 32.2 Å². The van der Waals surface area contributed by atoms with Gasteiger partial charge in [-0.3, -0.25) is 9.80 Å². The summed E-state index contributed by atoms with van der Waals surface area (Å²) >= 11 is 0. The molecule has 3 fully saturated rings. The smallest absolute Gasteiger partial charge is 0.317 e. The fraction of sp³-hybridized carbons (Fsp3) is 0.944. The number of carbonyl (C=O) groups is 1. The molecule has 3 heterocycles. The van der Waals surface area contributed by atoms with E-state index in [9.17, 15) is 4.79 Å². The zero-order chi connectivity index (χ0) is 17.1. The van der Waals surface area contributed by atoms with Gasteiger partial charge in [-0.15, -0.1) is 0 Å². The van der Waals surface area contributed by atoms with Gasteiger partial charge in [0, 0.05) is 51.4 Å². The molecular weight excluding hydrogens is 304 g/mol. The molecule has 138 valence electrons. The quantitative estimate of drug-likeness (QED) is 0.837. The Kier molecular flexibility index (Phi) is 6.00. The predicted molar refractivity (Wildman–Crippen MR) is 95.2 cm³/mol. The van der Waals surface area contributed by atoms with Crippen LogP contribution < -0.4 is 5.32 Å². The third-order valence-corrected chi connectivity index (χ3v) is 5.76. The minimum atomic E-state index is 0.0838. The highest BCUT2D eigenvalue weighted by Crippen LogP contribution is 2.28. The number of hydrogen-bond acceptors (Lipinski definition) is 4. The Morgan fingerprint density at radius 2 is 1.96 bits per heavy atom. The van der Waals surface area contributed by atoms with Gasteiger partial charge in [0.15, 0.2) is 0 Å². The van der Waals surface area contributed by atoms with Gasteiger partial charge in [-0.25, -0.2) is 4.79 Å². The van der Waals surface area contributed by atoms with E-state index >= 15 is 0 Å². The summed E-state index contributed by atoms with van der Waals surface area (Å²) in [4.78, 5) is 19.5. The van der Waals surface area contributed by atoms with Crippen LogP contribution in [-0.4, -0.2) is 91.8 Å². The van der Waals surface area contributed by atoms with Crippen LogP contribution in [0, 0.1) is 5.92 Å². The molecule has 0 aliphatic carbocycles. The van der Waals surface area contributed by atoms with Gasteiger partial charge >= 0.3 is 6.03 Å². The Bertz CT molecular complexity index is 431. The van der Waals surface area contributed by atoms with E-state index in [1.165, 1.54) is 12.8 Å². The lowest BCUT2D eigenvalue weighted by Crippen LogP contribution is -2.51. The molecule has 0 aromatic rings. The van der Waals surface area contributed by atoms with Crippen molar-refractivity contribution in [2.24, 2.45) is 5.92 Å². The first-order valence-corrected chi connectivity index (χ1v) is 9.61. The lowest BCUT2D eigenvalue weighted by molar-refractivity contribution is -0.0294. The van der Waals surface area contributed by atoms with Crippen molar-refractivity contribution >= 4 is 6.03 Å². The molecule has 6 nitrogen and oxygen atoms in total. The maximum absolute atomic E-state index is 12.6. The Morgan fingerprint density at radius 3 is 2.75 bits per heavy atom. The number of hydrogen-bond donors (Lipinski definition) is 1. The number of fused-ring (bicyclic) bond motifs is 2. The molecule has 3 aliphatic rings. The molecule has 24 heavy (non-hydrogen) atoms. The first kappa shape index (κ1) is 18.0. The molecule has 6 heteroatoms. The highest BCUT2D eigenvalue weighted by atomic mass is 16.5. The van der Waals surface area contributed by atoms with Gasteiger partial charge in [-0.2, -0.15) is 0 Å². The Balaban J connectivity index is 1.43. The lowest BCUT2D eigenvalue weighted by Gasteiger charge is -2.34. The SMILES string of the molecule is CC(C)CN1CCO[C@H](CNC(=O)N2CC[C@H]3CC[C@@H](C2)N3C)C1. The number of ether oxygens (including phenoxy) is 1. The first-order chi connectivity index (χ1) is 11.5. The summed E-state index contributed by atoms with van der Waals surface area (Å²) in [5, 5.41) is 3.11. The topological polar surface area (TPSA) is 48.1 Å². The van der Waals surface area contributed by atoms with Crippen LogP contribution in [0.1, 0.15) is 33.1 Å². The summed E-state index contributed by atoms with van der Waals surface area (Å²) in [6.07, 6.45) is 3.73. The van der Waals surface area contributed by atoms with Crippen LogP contribution in [0.15, 0.2) is 0 Å². The van der Waals surface area contributed by atoms with Crippen LogP contribution in [0.5, 0.6) is 0 Å². The molecule has 0 unspecified atom stereocenters. The van der Waals surface area contributed by atoms with Gasteiger partial charge < -0.3 is 15.0 Å². The molecule has 0 spiro atoms. The molecule has 0 aromatic heterocycles. The second-order valence-corrected chi connectivity index (χ2v) is 8.12. The number of rotatable bonds is 4. The molecular formula is C18H34N4O2. The summed E-state index contributed by atoms with van der Waals surface area (Å²) in [7, 11) is 2.21. The van der Waals surface area contributed by atoms with Crippen molar-refractivity contribution in [2.45, 2.75) is 51.3 Å². The monoisotopic (exact) mass is 338 g/mol. The van der Waals surface area contributed by atoms with Crippen molar-refractivity contribution in [1.29, 1.82) is 0 Å². The molecule has 3 atom stereocenters. The standard InChI is InChI=1S/C18H34N4O2/c1-14(2)11-21-8-9-24-17(13-21)10-19-18(23)22-7-6-15-4-5-16(12-22)20(15)3/h14-17H,4-13H2,1-3H3,(H,19,23)/t15-,16+,17-/m1/s1. The van der Waals surface area contributed by atoms with Crippen molar-refractivity contribution < 1.29 is 9.53 Å². The summed E-state index contributed by atoms with van der Waals surface area (Å²) in [6, 6.07) is 1.29. The Labute approximate surface area is 146 Å². The van der Waals surface area contributed by atoms with Crippen molar-refractivity contribution in [2.75, 3.05) is 52.9 Å². The minimum absolute atomic E-state index is 0.0838. The number of likely N-dealkylation sites (tertiary alicyclic amines) is 1. The number of nitrogens with one attached hydrogen (secondary N) is 1. The van der Waals surface area contributed by atoms with Crippen molar-refractivity contribution in [1.82, 2.24) is 20.0 Å². The average molecular weight is 338 g/mol. The van der Waals surface area contributed by atoms with Crippen LogP contribution in [0.3, 0.4) is 0 Å². The van der Waals surface area contributed by atoms with E-state index in [2.05, 4.69) is 36.0 Å². The first-order valence-electron chi connectivity index (χ1n) is 9.61. The van der Waals surface area contributed by atoms with Gasteiger partial charge in [0.1, 0.15) is 0 Å². The maximum atomic E-state index is 12.6. The Morgan fingerprint density at radius 1 is 1.17 bits per heavy atom. The number of urea groups is 1. The minimum Gasteiger partial charge on any atom is -0.374 e. The number of likely N-dealkylation sites (N-methyl/N-ethyl adjacent to an activating group) is 1. The second kappa shape index (κ2) is 8.02. The maximum Gasteiger partial charge on any atom is 0.317 e. The number of carbonyl (C=O) groups excluding carboxylic acids is 1. The molecule has 0 saturated carbocycles. The Hall–Kier alpha value is -0.850. The zero-order valence-corrected chi connectivity index (χ0v) is 15.5. The van der Waals surface area contributed by atoms with Crippen LogP contribution in [0.4, 0.5) is 4.79 Å². The van der Waals surface area contributed by atoms with Gasteiger partial charge in [0.25, 0.3) is 0 Å². The van der Waals surface area contributed by atoms with Crippen molar-refractivity contribution in [3.8, 4) is 0 Å². The van der Waals surface area contributed by atoms with E-state index in [-0.39, 0.29) is 12.1 Å². The molecule has 3 saturated heterocycles. The summed E-state index contributed by atoms with van der Waals surface area (Å²) in [5.74, 6) is 0.669. The molecule has 1 N–H and O–H groups in total. The van der Waals surface area contributed by atoms with Crippen molar-refractivity contribution in [3.63, 3.8) is 0 Å². The second-order valence-electron chi connectivity index (χ2n) is 8.12. The van der Waals surface area contributed by atoms with Crippen LogP contribution >= 0.6 is 0 Å². The van der Waals surface area contributed by atoms with Crippen LogP contribution in [-0.2, 0) is 4.74 Å².